The van der Waals surface area contributed by atoms with Gasteiger partial charge in [0.2, 0.25) is 0 Å². The molecule has 1 aromatic carbocycles. The average molecular weight is 272 g/mol. The summed E-state index contributed by atoms with van der Waals surface area (Å²) in [5, 5.41) is 15.8. The number of aromatic amines is 1. The number of aromatic nitrogens is 2. The van der Waals surface area contributed by atoms with Crippen molar-refractivity contribution in [1.29, 1.82) is 0 Å². The fraction of sp³-hybridized carbons (Fsp3) is 0.333. The number of rotatable bonds is 4. The summed E-state index contributed by atoms with van der Waals surface area (Å²) in [5.41, 5.74) is 3.94. The molecule has 104 valence electrons. The average Bonchev–Trinajstić information content (AvgIpc) is 2.93. The van der Waals surface area contributed by atoms with E-state index in [1.807, 2.05) is 18.2 Å². The number of carboxylic acids is 1. The number of H-pyrrole nitrogens is 1. The van der Waals surface area contributed by atoms with E-state index in [4.69, 9.17) is 9.84 Å². The van der Waals surface area contributed by atoms with Gasteiger partial charge in [0.15, 0.2) is 0 Å². The molecule has 20 heavy (non-hydrogen) atoms. The Morgan fingerprint density at radius 3 is 3.15 bits per heavy atom. The van der Waals surface area contributed by atoms with Crippen LogP contribution in [0.3, 0.4) is 0 Å². The van der Waals surface area contributed by atoms with E-state index in [1.54, 1.807) is 0 Å². The normalized spacial score (nSPS) is 13.6. The third kappa shape index (κ3) is 2.66. The largest absolute Gasteiger partial charge is 0.493 e. The van der Waals surface area contributed by atoms with Gasteiger partial charge in [-0.1, -0.05) is 0 Å². The molecule has 2 aromatic rings. The first kappa shape index (κ1) is 12.7. The van der Waals surface area contributed by atoms with Gasteiger partial charge in [-0.25, -0.2) is 0 Å². The van der Waals surface area contributed by atoms with E-state index in [0.717, 1.165) is 42.1 Å². The summed E-state index contributed by atoms with van der Waals surface area (Å²) in [7, 11) is 0. The van der Waals surface area contributed by atoms with Crippen molar-refractivity contribution in [3.63, 3.8) is 0 Å². The lowest BCUT2D eigenvalue weighted by Crippen LogP contribution is -2.08. The Bertz CT molecular complexity index is 634. The van der Waals surface area contributed by atoms with Gasteiger partial charge in [0.25, 0.3) is 0 Å². The van der Waals surface area contributed by atoms with Crippen LogP contribution < -0.4 is 4.74 Å². The maximum atomic E-state index is 10.6. The molecule has 2 heterocycles. The highest BCUT2D eigenvalue weighted by atomic mass is 16.5. The molecule has 1 aliphatic rings. The van der Waals surface area contributed by atoms with Crippen LogP contribution in [0.25, 0.3) is 11.3 Å². The molecule has 5 heteroatoms. The Labute approximate surface area is 116 Å². The fourth-order valence-electron chi connectivity index (χ4n) is 2.40. The summed E-state index contributed by atoms with van der Waals surface area (Å²) in [4.78, 5) is 10.6. The minimum atomic E-state index is -0.799. The Morgan fingerprint density at radius 1 is 1.40 bits per heavy atom. The van der Waals surface area contributed by atoms with Gasteiger partial charge in [-0.3, -0.25) is 9.89 Å². The first-order chi connectivity index (χ1) is 9.72. The number of nitrogens with one attached hydrogen (secondary N) is 1. The molecule has 0 saturated carbocycles. The molecule has 0 fully saturated rings. The highest BCUT2D eigenvalue weighted by molar-refractivity contribution is 5.67. The second-order valence-corrected chi connectivity index (χ2v) is 4.95. The van der Waals surface area contributed by atoms with Gasteiger partial charge >= 0.3 is 5.97 Å². The van der Waals surface area contributed by atoms with Crippen LogP contribution in [-0.2, 0) is 17.6 Å². The zero-order valence-electron chi connectivity index (χ0n) is 11.1. The Kier molecular flexibility index (Phi) is 3.41. The molecular formula is C15H16N2O3. The van der Waals surface area contributed by atoms with Gasteiger partial charge in [-0.05, 0) is 49.1 Å². The number of ether oxygens (including phenoxy) is 1. The maximum Gasteiger partial charge on any atom is 0.303 e. The van der Waals surface area contributed by atoms with Crippen molar-refractivity contribution in [2.24, 2.45) is 0 Å². The second-order valence-electron chi connectivity index (χ2n) is 4.95. The Hall–Kier alpha value is -2.30. The zero-order valence-corrected chi connectivity index (χ0v) is 11.1. The molecule has 0 bridgehead atoms. The number of aliphatic carboxylic acids is 1. The van der Waals surface area contributed by atoms with Crippen molar-refractivity contribution >= 4 is 5.97 Å². The summed E-state index contributed by atoms with van der Waals surface area (Å²) < 4.78 is 5.59. The van der Waals surface area contributed by atoms with Crippen molar-refractivity contribution in [2.75, 3.05) is 6.61 Å². The van der Waals surface area contributed by atoms with Crippen LogP contribution in [0.4, 0.5) is 0 Å². The quantitative estimate of drug-likeness (QED) is 0.896. The lowest BCUT2D eigenvalue weighted by atomic mass is 10.0. The van der Waals surface area contributed by atoms with Crippen LogP contribution in [0.15, 0.2) is 24.3 Å². The first-order valence-corrected chi connectivity index (χ1v) is 6.74. The van der Waals surface area contributed by atoms with E-state index in [2.05, 4.69) is 16.3 Å². The summed E-state index contributed by atoms with van der Waals surface area (Å²) in [6, 6.07) is 7.98. The van der Waals surface area contributed by atoms with Gasteiger partial charge in [-0.2, -0.15) is 5.10 Å². The molecule has 5 nitrogen and oxygen atoms in total. The van der Waals surface area contributed by atoms with Crippen LogP contribution in [0.2, 0.25) is 0 Å². The van der Waals surface area contributed by atoms with Crippen molar-refractivity contribution in [1.82, 2.24) is 10.2 Å². The van der Waals surface area contributed by atoms with Gasteiger partial charge in [0, 0.05) is 11.3 Å². The van der Waals surface area contributed by atoms with E-state index < -0.39 is 5.97 Å². The van der Waals surface area contributed by atoms with Crippen molar-refractivity contribution in [3.8, 4) is 17.0 Å². The minimum absolute atomic E-state index is 0.111. The smallest absolute Gasteiger partial charge is 0.303 e. The minimum Gasteiger partial charge on any atom is -0.493 e. The number of fused-ring (bicyclic) bond motifs is 1. The number of carboxylic acid groups (broad SMARTS) is 1. The number of benzene rings is 1. The summed E-state index contributed by atoms with van der Waals surface area (Å²) in [6.45, 7) is 0.786. The van der Waals surface area contributed by atoms with Gasteiger partial charge in [0.1, 0.15) is 5.75 Å². The van der Waals surface area contributed by atoms with Crippen LogP contribution in [0.1, 0.15) is 24.1 Å². The van der Waals surface area contributed by atoms with Gasteiger partial charge < -0.3 is 9.84 Å². The fourth-order valence-corrected chi connectivity index (χ4v) is 2.40. The number of hydrogen-bond donors (Lipinski definition) is 2. The van der Waals surface area contributed by atoms with Crippen LogP contribution >= 0.6 is 0 Å². The third-order valence-electron chi connectivity index (χ3n) is 3.44. The van der Waals surface area contributed by atoms with Crippen LogP contribution in [0, 0.1) is 0 Å². The summed E-state index contributed by atoms with van der Waals surface area (Å²) in [6.07, 6.45) is 2.65. The van der Waals surface area contributed by atoms with Crippen molar-refractivity contribution < 1.29 is 14.6 Å². The second kappa shape index (κ2) is 5.36. The van der Waals surface area contributed by atoms with Crippen LogP contribution in [0.5, 0.6) is 5.75 Å². The topological polar surface area (TPSA) is 75.2 Å². The predicted molar refractivity (Wildman–Crippen MR) is 73.8 cm³/mol. The monoisotopic (exact) mass is 272 g/mol. The summed E-state index contributed by atoms with van der Waals surface area (Å²) >= 11 is 0. The molecule has 0 radical (unpaired) electrons. The number of hydrogen-bond acceptors (Lipinski definition) is 3. The van der Waals surface area contributed by atoms with E-state index >= 15 is 0 Å². The number of nitrogens with zero attached hydrogens (tertiary/aromatic N) is 1. The van der Waals surface area contributed by atoms with Crippen molar-refractivity contribution in [3.05, 3.63) is 35.5 Å². The van der Waals surface area contributed by atoms with Crippen LogP contribution in [-0.4, -0.2) is 27.9 Å². The molecule has 0 unspecified atom stereocenters. The molecule has 0 amide bonds. The third-order valence-corrected chi connectivity index (χ3v) is 3.44. The van der Waals surface area contributed by atoms with Crippen molar-refractivity contribution in [2.45, 2.75) is 25.7 Å². The molecule has 0 spiro atoms. The summed E-state index contributed by atoms with van der Waals surface area (Å²) in [5.74, 6) is 0.161. The molecule has 0 atom stereocenters. The molecular weight excluding hydrogens is 256 g/mol. The van der Waals surface area contributed by atoms with E-state index in [-0.39, 0.29) is 6.42 Å². The lowest BCUT2D eigenvalue weighted by Gasteiger charge is -2.17. The number of carbonyl (C=O) groups is 1. The highest BCUT2D eigenvalue weighted by Crippen LogP contribution is 2.29. The maximum absolute atomic E-state index is 10.6. The molecule has 2 N–H and O–H groups in total. The van der Waals surface area contributed by atoms with E-state index in [1.165, 1.54) is 5.56 Å². The molecule has 3 rings (SSSR count). The number of aryl methyl sites for hydroxylation is 2. The first-order valence-electron chi connectivity index (χ1n) is 6.74. The molecule has 0 saturated heterocycles. The van der Waals surface area contributed by atoms with E-state index in [0.29, 0.717) is 6.42 Å². The standard InChI is InChI=1S/C15H16N2O3/c18-15(19)6-4-12-9-13(17-16-12)10-3-5-14-11(8-10)2-1-7-20-14/h3,5,8-9H,1-2,4,6-7H2,(H,16,17)(H,18,19). The highest BCUT2D eigenvalue weighted by Gasteiger charge is 2.12. The Morgan fingerprint density at radius 2 is 2.30 bits per heavy atom. The lowest BCUT2D eigenvalue weighted by molar-refractivity contribution is -0.136. The molecule has 1 aliphatic heterocycles. The van der Waals surface area contributed by atoms with Gasteiger partial charge in [0.05, 0.1) is 18.7 Å². The molecule has 1 aromatic heterocycles. The Balaban J connectivity index is 1.80. The predicted octanol–water partition coefficient (Wildman–Crippen LogP) is 2.42. The van der Waals surface area contributed by atoms with E-state index in [9.17, 15) is 4.79 Å². The zero-order chi connectivity index (χ0) is 13.9. The van der Waals surface area contributed by atoms with Gasteiger partial charge in [-0.15, -0.1) is 0 Å². The molecule has 0 aliphatic carbocycles. The SMILES string of the molecule is O=C(O)CCc1cc(-c2ccc3c(c2)CCCO3)n[nH]1.